The minimum atomic E-state index is 0.105. The topological polar surface area (TPSA) is 74.2 Å². The number of hydrogen-bond acceptors (Lipinski definition) is 5. The highest BCUT2D eigenvalue weighted by molar-refractivity contribution is 4.87. The van der Waals surface area contributed by atoms with Gasteiger partial charge in [0, 0.05) is 13.5 Å². The highest BCUT2D eigenvalue weighted by atomic mass is 16.5. The first-order valence-corrected chi connectivity index (χ1v) is 3.80. The zero-order valence-corrected chi connectivity index (χ0v) is 7.28. The minimum absolute atomic E-state index is 0.105. The summed E-state index contributed by atoms with van der Waals surface area (Å²) in [5.74, 6) is 1.11. The third kappa shape index (κ3) is 2.28. The Hall–Kier alpha value is -0.940. The summed E-state index contributed by atoms with van der Waals surface area (Å²) in [6.45, 7) is 2.23. The van der Waals surface area contributed by atoms with Crippen LogP contribution in [0.3, 0.4) is 0 Å². The predicted molar refractivity (Wildman–Crippen MR) is 42.4 cm³/mol. The van der Waals surface area contributed by atoms with Crippen molar-refractivity contribution in [2.75, 3.05) is 7.11 Å². The normalized spacial score (nSPS) is 13.2. The Balaban J connectivity index is 2.52. The molecule has 68 valence electrons. The van der Waals surface area contributed by atoms with E-state index in [0.29, 0.717) is 18.1 Å². The lowest BCUT2D eigenvalue weighted by molar-refractivity contribution is 0.116. The fraction of sp³-hybridized carbons (Fsp3) is 0.714. The molecule has 2 N–H and O–H groups in total. The molecule has 1 atom stereocenters. The van der Waals surface area contributed by atoms with Gasteiger partial charge in [-0.2, -0.15) is 4.98 Å². The molecule has 0 bridgehead atoms. The van der Waals surface area contributed by atoms with Crippen LogP contribution in [0.25, 0.3) is 0 Å². The van der Waals surface area contributed by atoms with Gasteiger partial charge in [-0.1, -0.05) is 5.16 Å². The third-order valence-electron chi connectivity index (χ3n) is 1.56. The third-order valence-corrected chi connectivity index (χ3v) is 1.56. The maximum atomic E-state index is 5.30. The zero-order chi connectivity index (χ0) is 8.97. The Morgan fingerprint density at radius 1 is 1.67 bits per heavy atom. The molecule has 0 radical (unpaired) electrons. The van der Waals surface area contributed by atoms with Crippen LogP contribution in [0.1, 0.15) is 18.6 Å². The molecule has 5 nitrogen and oxygen atoms in total. The van der Waals surface area contributed by atoms with Gasteiger partial charge in [0.05, 0.1) is 12.6 Å². The Labute approximate surface area is 70.9 Å². The highest BCUT2D eigenvalue weighted by Crippen LogP contribution is 2.01. The van der Waals surface area contributed by atoms with E-state index in [9.17, 15) is 0 Å². The Morgan fingerprint density at radius 2 is 2.42 bits per heavy atom. The van der Waals surface area contributed by atoms with Crippen LogP contribution < -0.4 is 5.73 Å². The van der Waals surface area contributed by atoms with Gasteiger partial charge in [0.2, 0.25) is 5.89 Å². The van der Waals surface area contributed by atoms with E-state index in [-0.39, 0.29) is 12.6 Å². The first kappa shape index (κ1) is 9.15. The second kappa shape index (κ2) is 4.18. The lowest BCUT2D eigenvalue weighted by atomic mass is 10.3. The number of nitrogens with zero attached hydrogens (tertiary/aromatic N) is 2. The molecule has 0 saturated heterocycles. The average molecular weight is 171 g/mol. The Bertz CT molecular complexity index is 236. The van der Waals surface area contributed by atoms with E-state index in [2.05, 4.69) is 10.1 Å². The van der Waals surface area contributed by atoms with E-state index < -0.39 is 0 Å². The predicted octanol–water partition coefficient (Wildman–Crippen LogP) is 0.106. The van der Waals surface area contributed by atoms with Crippen molar-refractivity contribution >= 4 is 0 Å². The van der Waals surface area contributed by atoms with Gasteiger partial charge < -0.3 is 15.0 Å². The molecule has 0 aliphatic rings. The molecule has 0 aliphatic heterocycles. The second-order valence-electron chi connectivity index (χ2n) is 2.56. The van der Waals surface area contributed by atoms with Crippen LogP contribution in [-0.2, 0) is 17.7 Å². The molecule has 1 unspecified atom stereocenters. The maximum Gasteiger partial charge on any atom is 0.240 e. The molecule has 1 rings (SSSR count). The molecule has 1 aromatic heterocycles. The van der Waals surface area contributed by atoms with Crippen LogP contribution in [0.5, 0.6) is 0 Å². The molecule has 0 amide bonds. The van der Waals surface area contributed by atoms with Crippen LogP contribution in [-0.4, -0.2) is 23.4 Å². The van der Waals surface area contributed by atoms with Crippen LogP contribution in [0, 0.1) is 0 Å². The molecule has 0 saturated carbocycles. The van der Waals surface area contributed by atoms with E-state index in [1.165, 1.54) is 0 Å². The van der Waals surface area contributed by atoms with Gasteiger partial charge >= 0.3 is 0 Å². The van der Waals surface area contributed by atoms with E-state index in [1.54, 1.807) is 7.11 Å². The molecule has 5 heteroatoms. The summed E-state index contributed by atoms with van der Waals surface area (Å²) in [5, 5.41) is 3.73. The molecule has 0 spiro atoms. The monoisotopic (exact) mass is 171 g/mol. The Kier molecular flexibility index (Phi) is 3.19. The van der Waals surface area contributed by atoms with Crippen molar-refractivity contribution in [1.82, 2.24) is 10.1 Å². The van der Waals surface area contributed by atoms with E-state index in [4.69, 9.17) is 15.0 Å². The molecule has 1 aromatic rings. The van der Waals surface area contributed by atoms with Gasteiger partial charge in [0.25, 0.3) is 0 Å². The lowest BCUT2D eigenvalue weighted by Gasteiger charge is -2.03. The fourth-order valence-electron chi connectivity index (χ4n) is 0.796. The summed E-state index contributed by atoms with van der Waals surface area (Å²) in [6, 6.07) is 0. The van der Waals surface area contributed by atoms with Gasteiger partial charge in [0.1, 0.15) is 0 Å². The van der Waals surface area contributed by atoms with Crippen LogP contribution in [0.4, 0.5) is 0 Å². The van der Waals surface area contributed by atoms with Crippen molar-refractivity contribution in [3.8, 4) is 0 Å². The minimum Gasteiger partial charge on any atom is -0.381 e. The van der Waals surface area contributed by atoms with Crippen molar-refractivity contribution in [2.45, 2.75) is 26.0 Å². The summed E-state index contributed by atoms with van der Waals surface area (Å²) in [5.41, 5.74) is 5.30. The van der Waals surface area contributed by atoms with Crippen LogP contribution >= 0.6 is 0 Å². The first-order chi connectivity index (χ1) is 5.76. The second-order valence-corrected chi connectivity index (χ2v) is 2.56. The molecule has 0 fully saturated rings. The number of nitrogens with two attached hydrogens (primary N) is 1. The van der Waals surface area contributed by atoms with Crippen molar-refractivity contribution in [3.63, 3.8) is 0 Å². The number of methoxy groups -OCH3 is 1. The van der Waals surface area contributed by atoms with Gasteiger partial charge in [-0.05, 0) is 6.92 Å². The lowest BCUT2D eigenvalue weighted by Crippen LogP contribution is -2.09. The summed E-state index contributed by atoms with van der Waals surface area (Å²) < 4.78 is 9.86. The van der Waals surface area contributed by atoms with Crippen molar-refractivity contribution < 1.29 is 9.26 Å². The summed E-state index contributed by atoms with van der Waals surface area (Å²) >= 11 is 0. The smallest absolute Gasteiger partial charge is 0.240 e. The van der Waals surface area contributed by atoms with E-state index in [0.717, 1.165) is 0 Å². The SMILES string of the molecule is COC(C)Cc1noc(CN)n1. The van der Waals surface area contributed by atoms with Crippen LogP contribution in [0.15, 0.2) is 4.52 Å². The van der Waals surface area contributed by atoms with Crippen LogP contribution in [0.2, 0.25) is 0 Å². The maximum absolute atomic E-state index is 5.30. The number of rotatable bonds is 4. The van der Waals surface area contributed by atoms with Crippen molar-refractivity contribution in [2.24, 2.45) is 5.73 Å². The first-order valence-electron chi connectivity index (χ1n) is 3.80. The summed E-state index contributed by atoms with van der Waals surface area (Å²) in [4.78, 5) is 4.03. The van der Waals surface area contributed by atoms with Gasteiger partial charge in [0.15, 0.2) is 5.82 Å². The number of aromatic nitrogens is 2. The molecule has 1 heterocycles. The standard InChI is InChI=1S/C7H13N3O2/c1-5(11-2)3-6-9-7(4-8)12-10-6/h5H,3-4,8H2,1-2H3. The van der Waals surface area contributed by atoms with Gasteiger partial charge in [-0.15, -0.1) is 0 Å². The highest BCUT2D eigenvalue weighted by Gasteiger charge is 2.08. The van der Waals surface area contributed by atoms with E-state index >= 15 is 0 Å². The molecule has 0 aliphatic carbocycles. The molecule has 12 heavy (non-hydrogen) atoms. The molecular weight excluding hydrogens is 158 g/mol. The summed E-state index contributed by atoms with van der Waals surface area (Å²) in [6.07, 6.45) is 0.758. The molecular formula is C7H13N3O2. The summed E-state index contributed by atoms with van der Waals surface area (Å²) in [7, 11) is 1.65. The largest absolute Gasteiger partial charge is 0.381 e. The molecule has 0 aromatic carbocycles. The quantitative estimate of drug-likeness (QED) is 0.695. The number of ether oxygens (including phenoxy) is 1. The number of hydrogen-bond donors (Lipinski definition) is 1. The van der Waals surface area contributed by atoms with Gasteiger partial charge in [-0.25, -0.2) is 0 Å². The van der Waals surface area contributed by atoms with Gasteiger partial charge in [-0.3, -0.25) is 0 Å². The Morgan fingerprint density at radius 3 is 2.92 bits per heavy atom. The zero-order valence-electron chi connectivity index (χ0n) is 7.28. The van der Waals surface area contributed by atoms with E-state index in [1.807, 2.05) is 6.92 Å². The van der Waals surface area contributed by atoms with Crippen molar-refractivity contribution in [3.05, 3.63) is 11.7 Å². The fourth-order valence-corrected chi connectivity index (χ4v) is 0.796. The average Bonchev–Trinajstić information content (AvgIpc) is 2.52. The van der Waals surface area contributed by atoms with Crippen molar-refractivity contribution in [1.29, 1.82) is 0 Å².